The number of aliphatic hydroxyl groups excluding tert-OH is 1. The fraction of sp³-hybridized carbons (Fsp3) is 0.222. The van der Waals surface area contributed by atoms with E-state index in [-0.39, 0.29) is 19.8 Å². The van der Waals surface area contributed by atoms with Crippen molar-refractivity contribution in [3.05, 3.63) is 197 Å². The van der Waals surface area contributed by atoms with Crippen molar-refractivity contribution in [2.45, 2.75) is 42.7 Å². The Morgan fingerprint density at radius 1 is 0.864 bits per heavy atom. The summed E-state index contributed by atoms with van der Waals surface area (Å²) in [5.41, 5.74) is 4.74. The van der Waals surface area contributed by atoms with E-state index in [4.69, 9.17) is 14.5 Å². The molecule has 2 saturated heterocycles. The number of amides is 2. The lowest BCUT2D eigenvalue weighted by atomic mass is 9.65. The molecule has 4 heterocycles. The molecule has 12 nitrogen and oxygen atoms in total. The number of morpholine rings is 1. The van der Waals surface area contributed by atoms with E-state index >= 15 is 14.4 Å². The summed E-state index contributed by atoms with van der Waals surface area (Å²) in [4.78, 5) is 58.7. The Labute approximate surface area is 382 Å². The molecule has 12 heteroatoms. The van der Waals surface area contributed by atoms with E-state index in [1.54, 1.807) is 6.07 Å². The monoisotopic (exact) mass is 876 g/mol. The quantitative estimate of drug-likeness (QED) is 0.0752. The molecule has 0 aliphatic carbocycles. The Morgan fingerprint density at radius 2 is 1.56 bits per heavy atom. The van der Waals surface area contributed by atoms with Crippen LogP contribution in [-0.2, 0) is 37.6 Å². The predicted octanol–water partition coefficient (Wildman–Crippen LogP) is 7.00. The van der Waals surface area contributed by atoms with Crippen LogP contribution in [0.2, 0.25) is 0 Å². The van der Waals surface area contributed by atoms with Crippen LogP contribution in [0.1, 0.15) is 57.4 Å². The fourth-order valence-electron chi connectivity index (χ4n) is 10.2. The largest absolute Gasteiger partial charge is 0.491 e. The second kappa shape index (κ2) is 18.1. The van der Waals surface area contributed by atoms with Crippen LogP contribution in [-0.4, -0.2) is 75.5 Å². The van der Waals surface area contributed by atoms with Crippen LogP contribution < -0.4 is 15.4 Å². The molecule has 1 aromatic heterocycles. The summed E-state index contributed by atoms with van der Waals surface area (Å²) >= 11 is 0. The van der Waals surface area contributed by atoms with Crippen LogP contribution >= 0.6 is 0 Å². The van der Waals surface area contributed by atoms with Gasteiger partial charge in [0, 0.05) is 23.4 Å². The summed E-state index contributed by atoms with van der Waals surface area (Å²) < 4.78 is 12.9. The number of hydrogen-bond acceptors (Lipinski definition) is 9. The second-order valence-electron chi connectivity index (χ2n) is 17.0. The summed E-state index contributed by atoms with van der Waals surface area (Å²) in [6.45, 7) is 0.893. The number of anilines is 1. The van der Waals surface area contributed by atoms with Gasteiger partial charge in [-0.1, -0.05) is 133 Å². The van der Waals surface area contributed by atoms with E-state index < -0.39 is 53.3 Å². The highest BCUT2D eigenvalue weighted by Crippen LogP contribution is 2.65. The van der Waals surface area contributed by atoms with E-state index in [9.17, 15) is 5.11 Å². The summed E-state index contributed by atoms with van der Waals surface area (Å²) in [5, 5.41) is 16.3. The van der Waals surface area contributed by atoms with Crippen molar-refractivity contribution in [1.29, 1.82) is 0 Å². The van der Waals surface area contributed by atoms with Crippen LogP contribution in [0.15, 0.2) is 158 Å². The molecule has 7 aromatic rings. The average Bonchev–Trinajstić information content (AvgIpc) is 4.01. The highest BCUT2D eigenvalue weighted by Gasteiger charge is 2.74. The molecular weight excluding hydrogens is 829 g/mol. The minimum absolute atomic E-state index is 0.00598. The van der Waals surface area contributed by atoms with Crippen molar-refractivity contribution < 1.29 is 29.0 Å². The zero-order chi connectivity index (χ0) is 45.2. The molecule has 10 rings (SSSR count). The van der Waals surface area contributed by atoms with Crippen molar-refractivity contribution in [2.75, 3.05) is 32.1 Å². The van der Waals surface area contributed by atoms with Gasteiger partial charge in [-0.15, -0.1) is 0 Å². The zero-order valence-corrected chi connectivity index (χ0v) is 36.3. The number of para-hydroxylation sites is 3. The van der Waals surface area contributed by atoms with Crippen molar-refractivity contribution in [3.63, 3.8) is 0 Å². The number of H-pyrrole nitrogens is 1. The Hall–Kier alpha value is -7.56. The Balaban J connectivity index is 1.17. The van der Waals surface area contributed by atoms with E-state index in [1.165, 1.54) is 5.56 Å². The first-order valence-corrected chi connectivity index (χ1v) is 22.1. The molecule has 0 radical (unpaired) electrons. The molecular formula is C54H48N6O6. The first kappa shape index (κ1) is 42.4. The fourth-order valence-corrected chi connectivity index (χ4v) is 10.2. The minimum atomic E-state index is -1.77. The molecule has 1 spiro atoms. The zero-order valence-electron chi connectivity index (χ0n) is 36.3. The molecule has 2 amide bonds. The third-order valence-corrected chi connectivity index (χ3v) is 12.9. The number of fused-ring (bicyclic) bond motifs is 4. The number of aromatic amines is 1. The number of carbonyl (C=O) groups excluding carboxylic acids is 3. The van der Waals surface area contributed by atoms with Gasteiger partial charge in [-0.3, -0.25) is 24.2 Å². The molecule has 330 valence electrons. The lowest BCUT2D eigenvalue weighted by Crippen LogP contribution is -2.54. The maximum absolute atomic E-state index is 15.7. The van der Waals surface area contributed by atoms with Crippen LogP contribution in [0, 0.1) is 17.8 Å². The van der Waals surface area contributed by atoms with Gasteiger partial charge in [0.25, 0.3) is 0 Å². The number of nitrogens with zero attached hydrogens (tertiary/aromatic N) is 3. The summed E-state index contributed by atoms with van der Waals surface area (Å²) in [6, 6.07) is 47.0. The van der Waals surface area contributed by atoms with Crippen molar-refractivity contribution in [3.8, 4) is 17.6 Å². The average molecular weight is 877 g/mol. The molecule has 0 saturated carbocycles. The van der Waals surface area contributed by atoms with Crippen molar-refractivity contribution in [2.24, 2.45) is 5.92 Å². The van der Waals surface area contributed by atoms with Crippen LogP contribution in [0.3, 0.4) is 0 Å². The number of aliphatic hydroxyl groups is 1. The summed E-state index contributed by atoms with van der Waals surface area (Å²) in [6.07, 6.45) is -0.839. The lowest BCUT2D eigenvalue weighted by Gasteiger charge is -2.46. The van der Waals surface area contributed by atoms with Gasteiger partial charge in [-0.05, 0) is 65.7 Å². The smallest absolute Gasteiger partial charge is 0.324 e. The van der Waals surface area contributed by atoms with Gasteiger partial charge in [-0.2, -0.15) is 0 Å². The summed E-state index contributed by atoms with van der Waals surface area (Å²) in [5.74, 6) is 4.59. The number of carbonyl (C=O) groups is 3. The molecule has 0 bridgehead atoms. The number of imidazole rings is 1. The number of esters is 1. The Kier molecular flexibility index (Phi) is 11.7. The third kappa shape index (κ3) is 7.66. The predicted molar refractivity (Wildman–Crippen MR) is 250 cm³/mol. The second-order valence-corrected chi connectivity index (χ2v) is 17.0. The molecule has 6 atom stereocenters. The van der Waals surface area contributed by atoms with Gasteiger partial charge in [0.05, 0.1) is 48.7 Å². The molecule has 3 aliphatic rings. The molecule has 2 fully saturated rings. The van der Waals surface area contributed by atoms with Crippen LogP contribution in [0.5, 0.6) is 5.75 Å². The summed E-state index contributed by atoms with van der Waals surface area (Å²) in [7, 11) is 2.01. The number of hydrogen-bond donors (Lipinski definition) is 4. The molecule has 0 unspecified atom stereocenters. The van der Waals surface area contributed by atoms with E-state index in [0.29, 0.717) is 47.0 Å². The van der Waals surface area contributed by atoms with Crippen LogP contribution in [0.25, 0.3) is 11.0 Å². The van der Waals surface area contributed by atoms with Crippen molar-refractivity contribution >= 4 is 34.5 Å². The number of rotatable bonds is 12. The van der Waals surface area contributed by atoms with Gasteiger partial charge in [-0.25, -0.2) is 4.98 Å². The lowest BCUT2D eigenvalue weighted by molar-refractivity contribution is -0.178. The molecule has 6 aromatic carbocycles. The number of cyclic esters (lactones) is 1. The van der Waals surface area contributed by atoms with Gasteiger partial charge >= 0.3 is 5.97 Å². The van der Waals surface area contributed by atoms with E-state index in [1.807, 2.05) is 151 Å². The van der Waals surface area contributed by atoms with Gasteiger partial charge in [0.15, 0.2) is 0 Å². The van der Waals surface area contributed by atoms with Gasteiger partial charge in [0.1, 0.15) is 35.7 Å². The number of ether oxygens (including phenoxy) is 2. The SMILES string of the molecule is CN(CC#Cc1ccc2c(c1)[C@]1(C(=O)N2)[C@H](c2ccccc2OCCO)N2[C@H](c3ccccc3)[C@H](c3ccccc3)OC(=O)[C@H]2[C@@H]1C(=O)NCc1nc2ccccc2[nH]1)Cc1ccccc1. The minimum Gasteiger partial charge on any atom is -0.491 e. The number of aromatic nitrogens is 2. The number of benzene rings is 6. The van der Waals surface area contributed by atoms with Gasteiger partial charge < -0.3 is 30.2 Å². The maximum atomic E-state index is 15.7. The normalized spacial score (nSPS) is 22.0. The highest BCUT2D eigenvalue weighted by atomic mass is 16.6. The van der Waals surface area contributed by atoms with E-state index in [0.717, 1.165) is 22.2 Å². The molecule has 3 aliphatic heterocycles. The molecule has 4 N–H and O–H groups in total. The topological polar surface area (TPSA) is 149 Å². The molecule has 66 heavy (non-hydrogen) atoms. The first-order chi connectivity index (χ1) is 32.3. The van der Waals surface area contributed by atoms with Crippen LogP contribution in [0.4, 0.5) is 5.69 Å². The Bertz CT molecular complexity index is 2940. The highest BCUT2D eigenvalue weighted by molar-refractivity contribution is 6.12. The first-order valence-electron chi connectivity index (χ1n) is 22.1. The third-order valence-electron chi connectivity index (χ3n) is 12.9. The standard InChI is InChI=1S/C54H48N6O6/c1-59(34-36-16-5-2-6-17-36)29-15-18-35-27-28-41-40(32-35)54(53(64)58-41)46(51(62)55-33-45-56-42-24-12-13-25-43(42)57-45)48-52(63)66-49(38-21-9-4-10-22-38)47(37-19-7-3-8-20-37)60(48)50(54)39-23-11-14-26-44(39)65-31-30-61/h2-14,16-17,19-28,32,46-50,61H,29-31,33-34H2,1H3,(H,55,62)(H,56,57)(H,58,64)/t46-,47-,48-,49+,50+,54-/m1/s1. The number of nitrogens with one attached hydrogen (secondary N) is 3. The maximum Gasteiger partial charge on any atom is 0.324 e. The Morgan fingerprint density at radius 3 is 2.32 bits per heavy atom. The van der Waals surface area contributed by atoms with Crippen molar-refractivity contribution in [1.82, 2.24) is 25.1 Å². The van der Waals surface area contributed by atoms with Gasteiger partial charge in [0.2, 0.25) is 11.8 Å². The van der Waals surface area contributed by atoms with E-state index in [2.05, 4.69) is 44.5 Å².